The molecule has 0 spiro atoms. The molecule has 0 aliphatic carbocycles. The van der Waals surface area contributed by atoms with Crippen LogP contribution in [-0.2, 0) is 21.2 Å². The van der Waals surface area contributed by atoms with Crippen molar-refractivity contribution in [1.82, 2.24) is 4.72 Å². The van der Waals surface area contributed by atoms with Crippen LogP contribution in [-0.4, -0.2) is 27.4 Å². The monoisotopic (exact) mass is 360 g/mol. The SMILES string of the molecule is CCc1ccc(N(CCNS(=O)(=O)c2ccccc2C)C(C)=O)cc1. The zero-order chi connectivity index (χ0) is 18.4. The van der Waals surface area contributed by atoms with Gasteiger partial charge in [0.05, 0.1) is 4.90 Å². The van der Waals surface area contributed by atoms with Crippen LogP contribution in [0.4, 0.5) is 5.69 Å². The lowest BCUT2D eigenvalue weighted by atomic mass is 10.1. The molecule has 5 nitrogen and oxygen atoms in total. The van der Waals surface area contributed by atoms with E-state index in [0.29, 0.717) is 5.56 Å². The number of carbonyl (C=O) groups excluding carboxylic acids is 1. The Kier molecular flexibility index (Phi) is 6.33. The number of carbonyl (C=O) groups is 1. The molecule has 2 rings (SSSR count). The number of aryl methyl sites for hydroxylation is 2. The summed E-state index contributed by atoms with van der Waals surface area (Å²) in [6, 6.07) is 14.5. The van der Waals surface area contributed by atoms with Gasteiger partial charge in [0.15, 0.2) is 0 Å². The Balaban J connectivity index is 2.06. The quantitative estimate of drug-likeness (QED) is 0.826. The van der Waals surface area contributed by atoms with E-state index in [9.17, 15) is 13.2 Å². The van der Waals surface area contributed by atoms with Crippen LogP contribution in [0.25, 0.3) is 0 Å². The molecule has 6 heteroatoms. The number of anilines is 1. The second kappa shape index (κ2) is 8.27. The zero-order valence-electron chi connectivity index (χ0n) is 14.8. The molecule has 2 aromatic rings. The minimum Gasteiger partial charge on any atom is -0.311 e. The summed E-state index contributed by atoms with van der Waals surface area (Å²) in [7, 11) is -3.59. The summed E-state index contributed by atoms with van der Waals surface area (Å²) >= 11 is 0. The van der Waals surface area contributed by atoms with Crippen LogP contribution in [0.15, 0.2) is 53.4 Å². The highest BCUT2D eigenvalue weighted by molar-refractivity contribution is 7.89. The van der Waals surface area contributed by atoms with E-state index in [4.69, 9.17) is 0 Å². The maximum absolute atomic E-state index is 12.4. The van der Waals surface area contributed by atoms with Crippen LogP contribution < -0.4 is 9.62 Å². The summed E-state index contributed by atoms with van der Waals surface area (Å²) in [5.74, 6) is -0.126. The van der Waals surface area contributed by atoms with Crippen molar-refractivity contribution in [3.63, 3.8) is 0 Å². The molecule has 0 aliphatic heterocycles. The van der Waals surface area contributed by atoms with Crippen molar-refractivity contribution in [1.29, 1.82) is 0 Å². The summed E-state index contributed by atoms with van der Waals surface area (Å²) in [6.07, 6.45) is 0.927. The molecule has 0 heterocycles. The predicted molar refractivity (Wildman–Crippen MR) is 100 cm³/mol. The number of nitrogens with zero attached hydrogens (tertiary/aromatic N) is 1. The normalized spacial score (nSPS) is 11.3. The van der Waals surface area contributed by atoms with Crippen LogP contribution in [0.3, 0.4) is 0 Å². The molecule has 134 valence electrons. The number of rotatable bonds is 7. The third kappa shape index (κ3) is 4.90. The van der Waals surface area contributed by atoms with Gasteiger partial charge in [-0.1, -0.05) is 37.3 Å². The number of hydrogen-bond acceptors (Lipinski definition) is 3. The van der Waals surface area contributed by atoms with Gasteiger partial charge in [-0.2, -0.15) is 0 Å². The minimum absolute atomic E-state index is 0.126. The molecule has 0 saturated carbocycles. The molecule has 0 radical (unpaired) electrons. The van der Waals surface area contributed by atoms with Gasteiger partial charge in [-0.05, 0) is 42.7 Å². The first-order chi connectivity index (χ1) is 11.8. The highest BCUT2D eigenvalue weighted by atomic mass is 32.2. The first kappa shape index (κ1) is 19.1. The van der Waals surface area contributed by atoms with Gasteiger partial charge in [-0.15, -0.1) is 0 Å². The van der Waals surface area contributed by atoms with Gasteiger partial charge < -0.3 is 4.90 Å². The smallest absolute Gasteiger partial charge is 0.240 e. The fourth-order valence-electron chi connectivity index (χ4n) is 2.61. The molecule has 0 saturated heterocycles. The van der Waals surface area contributed by atoms with E-state index in [1.165, 1.54) is 12.5 Å². The summed E-state index contributed by atoms with van der Waals surface area (Å²) < 4.78 is 27.4. The van der Waals surface area contributed by atoms with Crippen molar-refractivity contribution in [3.05, 3.63) is 59.7 Å². The lowest BCUT2D eigenvalue weighted by molar-refractivity contribution is -0.116. The number of nitrogens with one attached hydrogen (secondary N) is 1. The molecule has 1 amide bonds. The minimum atomic E-state index is -3.59. The van der Waals surface area contributed by atoms with Crippen molar-refractivity contribution in [3.8, 4) is 0 Å². The molecule has 1 N–H and O–H groups in total. The van der Waals surface area contributed by atoms with Gasteiger partial charge in [-0.3, -0.25) is 4.79 Å². The lowest BCUT2D eigenvalue weighted by Gasteiger charge is -2.22. The fourth-order valence-corrected chi connectivity index (χ4v) is 3.87. The van der Waals surface area contributed by atoms with Crippen molar-refractivity contribution in [2.24, 2.45) is 0 Å². The molecule has 0 unspecified atom stereocenters. The van der Waals surface area contributed by atoms with Crippen molar-refractivity contribution in [2.75, 3.05) is 18.0 Å². The van der Waals surface area contributed by atoms with E-state index in [2.05, 4.69) is 11.6 Å². The van der Waals surface area contributed by atoms with E-state index in [0.717, 1.165) is 12.1 Å². The molecule has 0 aromatic heterocycles. The summed E-state index contributed by atoms with van der Waals surface area (Å²) in [5.41, 5.74) is 2.64. The predicted octanol–water partition coefficient (Wildman–Crippen LogP) is 2.89. The first-order valence-electron chi connectivity index (χ1n) is 8.27. The number of amides is 1. The van der Waals surface area contributed by atoms with Crippen molar-refractivity contribution < 1.29 is 13.2 Å². The Morgan fingerprint density at radius 3 is 2.28 bits per heavy atom. The molecule has 0 aliphatic rings. The van der Waals surface area contributed by atoms with Crippen LogP contribution in [0.5, 0.6) is 0 Å². The van der Waals surface area contributed by atoms with E-state index >= 15 is 0 Å². The van der Waals surface area contributed by atoms with Gasteiger partial charge in [0.2, 0.25) is 15.9 Å². The number of benzene rings is 2. The van der Waals surface area contributed by atoms with E-state index in [1.807, 2.05) is 24.3 Å². The topological polar surface area (TPSA) is 66.5 Å². The average molecular weight is 360 g/mol. The molecular weight excluding hydrogens is 336 g/mol. The first-order valence-corrected chi connectivity index (χ1v) is 9.76. The standard InChI is InChI=1S/C19H24N2O3S/c1-4-17-9-11-18(12-10-17)21(16(3)22)14-13-20-25(23,24)19-8-6-5-7-15(19)2/h5-12,20H,4,13-14H2,1-3H3. The Labute approximate surface area is 149 Å². The van der Waals surface area contributed by atoms with E-state index in [-0.39, 0.29) is 23.9 Å². The van der Waals surface area contributed by atoms with Crippen LogP contribution in [0.2, 0.25) is 0 Å². The Morgan fingerprint density at radius 2 is 1.72 bits per heavy atom. The second-order valence-corrected chi connectivity index (χ2v) is 7.59. The Bertz CT molecular complexity index is 830. The van der Waals surface area contributed by atoms with Gasteiger partial charge >= 0.3 is 0 Å². The van der Waals surface area contributed by atoms with Crippen LogP contribution in [0, 0.1) is 6.92 Å². The molecule has 25 heavy (non-hydrogen) atoms. The molecule has 0 bridgehead atoms. The van der Waals surface area contributed by atoms with Crippen LogP contribution in [0.1, 0.15) is 25.0 Å². The lowest BCUT2D eigenvalue weighted by Crippen LogP contribution is -2.37. The summed E-state index contributed by atoms with van der Waals surface area (Å²) in [4.78, 5) is 13.8. The molecule has 0 atom stereocenters. The van der Waals surface area contributed by atoms with Gasteiger partial charge in [0.1, 0.15) is 0 Å². The van der Waals surface area contributed by atoms with Crippen molar-refractivity contribution >= 4 is 21.6 Å². The maximum atomic E-state index is 12.4. The second-order valence-electron chi connectivity index (χ2n) is 5.85. The zero-order valence-corrected chi connectivity index (χ0v) is 15.6. The Hall–Kier alpha value is -2.18. The molecule has 2 aromatic carbocycles. The third-order valence-corrected chi connectivity index (χ3v) is 5.67. The number of hydrogen-bond donors (Lipinski definition) is 1. The molecular formula is C19H24N2O3S. The van der Waals surface area contributed by atoms with E-state index < -0.39 is 10.0 Å². The van der Waals surface area contributed by atoms with Gasteiger partial charge in [0.25, 0.3) is 0 Å². The van der Waals surface area contributed by atoms with Crippen molar-refractivity contribution in [2.45, 2.75) is 32.1 Å². The summed E-state index contributed by atoms with van der Waals surface area (Å²) in [6.45, 7) is 5.71. The van der Waals surface area contributed by atoms with Gasteiger partial charge in [-0.25, -0.2) is 13.1 Å². The van der Waals surface area contributed by atoms with Crippen LogP contribution >= 0.6 is 0 Å². The highest BCUT2D eigenvalue weighted by Crippen LogP contribution is 2.16. The summed E-state index contributed by atoms with van der Waals surface area (Å²) in [5, 5.41) is 0. The average Bonchev–Trinajstić information content (AvgIpc) is 2.59. The maximum Gasteiger partial charge on any atom is 0.240 e. The Morgan fingerprint density at radius 1 is 1.08 bits per heavy atom. The third-order valence-electron chi connectivity index (χ3n) is 4.05. The largest absolute Gasteiger partial charge is 0.311 e. The fraction of sp³-hybridized carbons (Fsp3) is 0.316. The van der Waals surface area contributed by atoms with E-state index in [1.54, 1.807) is 36.1 Å². The molecule has 0 fully saturated rings. The van der Waals surface area contributed by atoms with Gasteiger partial charge in [0, 0.05) is 25.7 Å². The highest BCUT2D eigenvalue weighted by Gasteiger charge is 2.17. The number of sulfonamides is 1.